The number of fused-ring (bicyclic) bond motifs is 3. The maximum atomic E-state index is 12.3. The molecule has 116 valence electrons. The summed E-state index contributed by atoms with van der Waals surface area (Å²) in [5, 5.41) is 3.45. The van der Waals surface area contributed by atoms with Gasteiger partial charge in [-0.3, -0.25) is 9.59 Å². The molecule has 3 aromatic rings. The minimum absolute atomic E-state index is 0.214. The lowest BCUT2D eigenvalue weighted by atomic mass is 9.89. The van der Waals surface area contributed by atoms with E-state index in [-0.39, 0.29) is 11.6 Å². The van der Waals surface area contributed by atoms with Crippen LogP contribution in [0.1, 0.15) is 5.56 Å². The van der Waals surface area contributed by atoms with E-state index in [2.05, 4.69) is 0 Å². The van der Waals surface area contributed by atoms with Gasteiger partial charge in [0.2, 0.25) is 0 Å². The van der Waals surface area contributed by atoms with Gasteiger partial charge in [-0.25, -0.2) is 0 Å². The number of hydrogen-bond donors (Lipinski definition) is 2. The molecule has 0 saturated heterocycles. The summed E-state index contributed by atoms with van der Waals surface area (Å²) in [4.78, 5) is 24.0. The van der Waals surface area contributed by atoms with Crippen LogP contribution in [0.25, 0.3) is 27.1 Å². The molecule has 0 bridgehead atoms. The Morgan fingerprint density at radius 2 is 1.42 bits per heavy atom. The van der Waals surface area contributed by atoms with Crippen molar-refractivity contribution in [3.63, 3.8) is 0 Å². The number of nitrogens with two attached hydrogens (primary N) is 2. The SMILES string of the molecule is Nc1c(N)c2c(C3=CC(=O)C=CC3=O)cccc2c2ccccc12. The highest BCUT2D eigenvalue weighted by Crippen LogP contribution is 2.40. The van der Waals surface area contributed by atoms with Crippen LogP contribution >= 0.6 is 0 Å². The second-order valence-electron chi connectivity index (χ2n) is 5.76. The number of rotatable bonds is 1. The molecule has 1 aliphatic carbocycles. The molecule has 0 amide bonds. The van der Waals surface area contributed by atoms with E-state index in [1.54, 1.807) is 6.07 Å². The first-order valence-electron chi connectivity index (χ1n) is 7.54. The van der Waals surface area contributed by atoms with E-state index in [9.17, 15) is 9.59 Å². The Labute approximate surface area is 138 Å². The number of anilines is 2. The third-order valence-corrected chi connectivity index (χ3v) is 4.37. The molecule has 3 aromatic carbocycles. The lowest BCUT2D eigenvalue weighted by molar-refractivity contribution is -0.113. The fourth-order valence-electron chi connectivity index (χ4n) is 3.24. The Balaban J connectivity index is 2.16. The third kappa shape index (κ3) is 1.93. The summed E-state index contributed by atoms with van der Waals surface area (Å²) in [5.74, 6) is -0.429. The molecule has 1 aliphatic rings. The van der Waals surface area contributed by atoms with Crippen LogP contribution in [0.2, 0.25) is 0 Å². The van der Waals surface area contributed by atoms with E-state index < -0.39 is 0 Å². The number of nitrogen functional groups attached to an aromatic ring is 2. The summed E-state index contributed by atoms with van der Waals surface area (Å²) in [7, 11) is 0. The molecular formula is C20H14N2O2. The minimum atomic E-state index is -0.215. The molecule has 24 heavy (non-hydrogen) atoms. The molecular weight excluding hydrogens is 300 g/mol. The first-order valence-corrected chi connectivity index (χ1v) is 7.54. The van der Waals surface area contributed by atoms with Crippen LogP contribution in [0.5, 0.6) is 0 Å². The molecule has 4 nitrogen and oxygen atoms in total. The fourth-order valence-corrected chi connectivity index (χ4v) is 3.24. The van der Waals surface area contributed by atoms with Crippen molar-refractivity contribution in [2.75, 3.05) is 11.5 Å². The number of ketones is 2. The van der Waals surface area contributed by atoms with Gasteiger partial charge in [0.1, 0.15) is 0 Å². The standard InChI is InChI=1S/C20H14N2O2/c21-19-15-5-2-1-4-12(15)13-6-3-7-14(18(13)20(19)22)16-10-11(23)8-9-17(16)24/h1-10H,21-22H2. The largest absolute Gasteiger partial charge is 0.397 e. The minimum Gasteiger partial charge on any atom is -0.397 e. The van der Waals surface area contributed by atoms with Crippen molar-refractivity contribution in [2.45, 2.75) is 0 Å². The molecule has 4 heteroatoms. The lowest BCUT2D eigenvalue weighted by Crippen LogP contribution is -2.08. The Bertz CT molecular complexity index is 1110. The highest BCUT2D eigenvalue weighted by atomic mass is 16.1. The van der Waals surface area contributed by atoms with Crippen LogP contribution in [0.15, 0.2) is 60.7 Å². The van der Waals surface area contributed by atoms with Crippen molar-refractivity contribution in [1.29, 1.82) is 0 Å². The lowest BCUT2D eigenvalue weighted by Gasteiger charge is -2.16. The summed E-state index contributed by atoms with van der Waals surface area (Å²) in [6, 6.07) is 13.3. The second-order valence-corrected chi connectivity index (χ2v) is 5.76. The molecule has 0 aromatic heterocycles. The van der Waals surface area contributed by atoms with Crippen molar-refractivity contribution in [2.24, 2.45) is 0 Å². The quantitative estimate of drug-likeness (QED) is 0.312. The van der Waals surface area contributed by atoms with E-state index in [4.69, 9.17) is 11.5 Å². The predicted molar refractivity (Wildman–Crippen MR) is 97.4 cm³/mol. The zero-order valence-corrected chi connectivity index (χ0v) is 12.7. The monoisotopic (exact) mass is 314 g/mol. The average Bonchev–Trinajstić information content (AvgIpc) is 2.61. The van der Waals surface area contributed by atoms with Crippen molar-refractivity contribution in [3.8, 4) is 0 Å². The smallest absolute Gasteiger partial charge is 0.186 e. The number of carbonyl (C=O) groups is 2. The number of hydrogen-bond acceptors (Lipinski definition) is 4. The van der Waals surface area contributed by atoms with Crippen LogP contribution in [0.3, 0.4) is 0 Å². The summed E-state index contributed by atoms with van der Waals surface area (Å²) in [5.41, 5.74) is 14.4. The van der Waals surface area contributed by atoms with Gasteiger partial charge in [-0.1, -0.05) is 42.5 Å². The molecule has 4 N–H and O–H groups in total. The highest BCUT2D eigenvalue weighted by molar-refractivity contribution is 6.37. The fraction of sp³-hybridized carbons (Fsp3) is 0. The summed E-state index contributed by atoms with van der Waals surface area (Å²) >= 11 is 0. The van der Waals surface area contributed by atoms with Crippen LogP contribution < -0.4 is 11.5 Å². The topological polar surface area (TPSA) is 86.2 Å². The molecule has 0 radical (unpaired) electrons. The highest BCUT2D eigenvalue weighted by Gasteiger charge is 2.20. The maximum Gasteiger partial charge on any atom is 0.186 e. The van der Waals surface area contributed by atoms with Crippen LogP contribution in [-0.2, 0) is 9.59 Å². The molecule has 0 aliphatic heterocycles. The molecule has 0 saturated carbocycles. The first kappa shape index (κ1) is 14.2. The molecule has 0 fully saturated rings. The zero-order chi connectivity index (χ0) is 16.8. The van der Waals surface area contributed by atoms with Gasteiger partial charge in [-0.05, 0) is 34.6 Å². The molecule has 0 spiro atoms. The molecule has 0 atom stereocenters. The van der Waals surface area contributed by atoms with Crippen molar-refractivity contribution in [3.05, 3.63) is 66.3 Å². The Morgan fingerprint density at radius 1 is 0.708 bits per heavy atom. The van der Waals surface area contributed by atoms with Gasteiger partial charge in [0, 0.05) is 16.3 Å². The van der Waals surface area contributed by atoms with Crippen molar-refractivity contribution < 1.29 is 9.59 Å². The molecule has 0 heterocycles. The maximum absolute atomic E-state index is 12.3. The third-order valence-electron chi connectivity index (χ3n) is 4.37. The molecule has 0 unspecified atom stereocenters. The Kier molecular flexibility index (Phi) is 3.00. The number of benzene rings is 3. The Morgan fingerprint density at radius 3 is 2.21 bits per heavy atom. The van der Waals surface area contributed by atoms with Gasteiger partial charge in [-0.15, -0.1) is 0 Å². The van der Waals surface area contributed by atoms with Crippen molar-refractivity contribution >= 4 is 50.1 Å². The number of carbonyl (C=O) groups excluding carboxylic acids is 2. The van der Waals surface area contributed by atoms with E-state index in [0.717, 1.165) is 16.2 Å². The van der Waals surface area contributed by atoms with E-state index >= 15 is 0 Å². The van der Waals surface area contributed by atoms with Gasteiger partial charge >= 0.3 is 0 Å². The summed E-state index contributed by atoms with van der Waals surface area (Å²) in [6.07, 6.45) is 3.91. The Hall–Kier alpha value is -3.40. The van der Waals surface area contributed by atoms with E-state index in [1.165, 1.54) is 18.2 Å². The van der Waals surface area contributed by atoms with Gasteiger partial charge in [0.15, 0.2) is 11.6 Å². The van der Waals surface area contributed by atoms with Gasteiger partial charge in [-0.2, -0.15) is 0 Å². The number of allylic oxidation sites excluding steroid dienone is 4. The first-order chi connectivity index (χ1) is 11.6. The summed E-state index contributed by atoms with van der Waals surface area (Å²) < 4.78 is 0. The van der Waals surface area contributed by atoms with Crippen molar-refractivity contribution in [1.82, 2.24) is 0 Å². The van der Waals surface area contributed by atoms with Gasteiger partial charge in [0.25, 0.3) is 0 Å². The average molecular weight is 314 g/mol. The van der Waals surface area contributed by atoms with Gasteiger partial charge < -0.3 is 11.5 Å². The van der Waals surface area contributed by atoms with E-state index in [0.29, 0.717) is 27.9 Å². The second kappa shape index (κ2) is 5.06. The van der Waals surface area contributed by atoms with Crippen LogP contribution in [-0.4, -0.2) is 11.6 Å². The molecule has 4 rings (SSSR count). The normalized spacial score (nSPS) is 14.4. The van der Waals surface area contributed by atoms with Gasteiger partial charge in [0.05, 0.1) is 11.4 Å². The van der Waals surface area contributed by atoms with Crippen LogP contribution in [0.4, 0.5) is 11.4 Å². The van der Waals surface area contributed by atoms with E-state index in [1.807, 2.05) is 36.4 Å². The summed E-state index contributed by atoms with van der Waals surface area (Å²) in [6.45, 7) is 0. The predicted octanol–water partition coefficient (Wildman–Crippen LogP) is 3.25. The zero-order valence-electron chi connectivity index (χ0n) is 12.7. The van der Waals surface area contributed by atoms with Crippen LogP contribution in [0, 0.1) is 0 Å².